The molecule has 4 aromatic rings. The first kappa shape index (κ1) is 29.1. The summed E-state index contributed by atoms with van der Waals surface area (Å²) in [5.41, 5.74) is 1.00. The number of anilines is 4. The van der Waals surface area contributed by atoms with Gasteiger partial charge in [-0.05, 0) is 35.9 Å². The molecule has 0 saturated carbocycles. The molecule has 2 aromatic carbocycles. The Morgan fingerprint density at radius 1 is 0.929 bits per heavy atom. The highest BCUT2D eigenvalue weighted by Crippen LogP contribution is 2.35. The third-order valence-electron chi connectivity index (χ3n) is 6.30. The van der Waals surface area contributed by atoms with Crippen molar-refractivity contribution in [1.29, 1.82) is 0 Å². The molecule has 2 aromatic heterocycles. The lowest BCUT2D eigenvalue weighted by molar-refractivity contribution is -0.137. The average molecular weight is 587 g/mol. The fourth-order valence-corrected chi connectivity index (χ4v) is 4.17. The van der Waals surface area contributed by atoms with Crippen molar-refractivity contribution >= 4 is 40.1 Å². The molecule has 0 bridgehead atoms. The molecule has 3 heterocycles. The van der Waals surface area contributed by atoms with Crippen molar-refractivity contribution in [2.45, 2.75) is 25.9 Å². The molecule has 1 aliphatic rings. The number of hydrogen-bond donors (Lipinski definition) is 3. The monoisotopic (exact) mass is 586 g/mol. The second-order valence-electron chi connectivity index (χ2n) is 9.27. The lowest BCUT2D eigenvalue weighted by atomic mass is 10.0. The van der Waals surface area contributed by atoms with Gasteiger partial charge in [0.15, 0.2) is 23.0 Å². The highest BCUT2D eigenvalue weighted by atomic mass is 19.4. The van der Waals surface area contributed by atoms with E-state index >= 15 is 0 Å². The van der Waals surface area contributed by atoms with Gasteiger partial charge in [0.25, 0.3) is 0 Å². The van der Waals surface area contributed by atoms with Gasteiger partial charge in [-0.25, -0.2) is 4.98 Å². The van der Waals surface area contributed by atoms with Gasteiger partial charge in [0.1, 0.15) is 24.5 Å². The number of alkyl halides is 3. The zero-order valence-electron chi connectivity index (χ0n) is 22.7. The number of halogens is 3. The first-order chi connectivity index (χ1) is 20.3. The van der Waals surface area contributed by atoms with E-state index in [1.807, 2.05) is 0 Å². The first-order valence-electron chi connectivity index (χ1n) is 13.3. The number of aromatic nitrogens is 4. The Morgan fingerprint density at radius 3 is 2.40 bits per heavy atom. The maximum atomic E-state index is 13.4. The van der Waals surface area contributed by atoms with Crippen LogP contribution in [0.25, 0.3) is 11.2 Å². The zero-order valence-corrected chi connectivity index (χ0v) is 22.7. The lowest BCUT2D eigenvalue weighted by Gasteiger charge is -2.17. The number of fused-ring (bicyclic) bond motifs is 2. The minimum atomic E-state index is -4.55. The number of Topliss-reactive ketones (excluding diaryl/α,β-unsaturated/α-hetero) is 1. The number of nitrogens with one attached hydrogen (secondary N) is 3. The predicted molar refractivity (Wildman–Crippen MR) is 148 cm³/mol. The van der Waals surface area contributed by atoms with E-state index in [2.05, 4.69) is 30.6 Å². The number of benzene rings is 2. The molecule has 222 valence electrons. The molecule has 0 amide bonds. The quantitative estimate of drug-likeness (QED) is 0.266. The summed E-state index contributed by atoms with van der Waals surface area (Å²) in [6, 6.07) is 8.46. The van der Waals surface area contributed by atoms with Crippen LogP contribution in [0.4, 0.5) is 36.3 Å². The molecule has 14 heteroatoms. The molecular weight excluding hydrogens is 557 g/mol. The predicted octanol–water partition coefficient (Wildman–Crippen LogP) is 5.18. The second kappa shape index (κ2) is 13.0. The summed E-state index contributed by atoms with van der Waals surface area (Å²) in [5.74, 6) is 1.25. The SMILES string of the molecule is CCC(=O)Cc1cc(C(F)(F)F)ccc1Nc1nc(Nc2ccc3c(c2)OCCOCCOCCO3)nc2nc[nH]c12. The topological polar surface area (TPSA) is 133 Å². The van der Waals surface area contributed by atoms with E-state index in [1.54, 1.807) is 25.1 Å². The number of ketones is 1. The number of hydrogen-bond acceptors (Lipinski definition) is 10. The van der Waals surface area contributed by atoms with Crippen molar-refractivity contribution in [3.8, 4) is 11.5 Å². The van der Waals surface area contributed by atoms with Gasteiger partial charge >= 0.3 is 6.18 Å². The number of carbonyl (C=O) groups is 1. The van der Waals surface area contributed by atoms with Gasteiger partial charge in [0, 0.05) is 30.3 Å². The van der Waals surface area contributed by atoms with Crippen molar-refractivity contribution in [1.82, 2.24) is 19.9 Å². The standard InChI is InChI=1S/C28H29F3N6O5/c1-2-20(38)14-17-13-18(28(29,30)31)3-5-21(17)35-26-24-25(33-16-32-24)36-27(37-26)34-19-4-6-22-23(15-19)42-12-10-40-8-7-39-9-11-41-22/h3-6,13,15-16H,2,7-12,14H2,1H3,(H3,32,33,34,35,36,37). The van der Waals surface area contributed by atoms with Gasteiger partial charge < -0.3 is 34.6 Å². The van der Waals surface area contributed by atoms with Gasteiger partial charge in [0.2, 0.25) is 5.95 Å². The van der Waals surface area contributed by atoms with Crippen LogP contribution in [0.15, 0.2) is 42.7 Å². The van der Waals surface area contributed by atoms with E-state index in [0.717, 1.165) is 12.1 Å². The number of ether oxygens (including phenoxy) is 4. The van der Waals surface area contributed by atoms with Crippen LogP contribution < -0.4 is 20.1 Å². The Balaban J connectivity index is 1.43. The van der Waals surface area contributed by atoms with Crippen molar-refractivity contribution in [2.24, 2.45) is 0 Å². The average Bonchev–Trinajstić information content (AvgIpc) is 3.43. The summed E-state index contributed by atoms with van der Waals surface area (Å²) in [7, 11) is 0. The largest absolute Gasteiger partial charge is 0.487 e. The number of aromatic amines is 1. The molecular formula is C28H29F3N6O5. The number of nitrogens with zero attached hydrogens (tertiary/aromatic N) is 3. The molecule has 42 heavy (non-hydrogen) atoms. The van der Waals surface area contributed by atoms with Crippen LogP contribution in [-0.4, -0.2) is 65.4 Å². The number of H-pyrrole nitrogens is 1. The molecule has 3 N–H and O–H groups in total. The Labute approximate surface area is 238 Å². The number of rotatable bonds is 7. The summed E-state index contributed by atoms with van der Waals surface area (Å²) in [5, 5.41) is 6.20. The first-order valence-corrected chi connectivity index (χ1v) is 13.3. The Kier molecular flexibility index (Phi) is 9.03. The van der Waals surface area contributed by atoms with Gasteiger partial charge in [-0.1, -0.05) is 6.92 Å². The Morgan fingerprint density at radius 2 is 1.67 bits per heavy atom. The Bertz CT molecular complexity index is 1540. The fourth-order valence-electron chi connectivity index (χ4n) is 4.17. The highest BCUT2D eigenvalue weighted by Gasteiger charge is 2.31. The minimum Gasteiger partial charge on any atom is -0.487 e. The van der Waals surface area contributed by atoms with Crippen LogP contribution in [-0.2, 0) is 26.9 Å². The fraction of sp³-hybridized carbons (Fsp3) is 0.357. The summed E-state index contributed by atoms with van der Waals surface area (Å²) >= 11 is 0. The molecule has 0 atom stereocenters. The van der Waals surface area contributed by atoms with Crippen LogP contribution in [0.5, 0.6) is 11.5 Å². The Hall–Kier alpha value is -4.43. The number of imidazole rings is 1. The van der Waals surface area contributed by atoms with Crippen molar-refractivity contribution in [3.63, 3.8) is 0 Å². The van der Waals surface area contributed by atoms with Crippen LogP contribution in [0.2, 0.25) is 0 Å². The van der Waals surface area contributed by atoms with E-state index in [9.17, 15) is 18.0 Å². The van der Waals surface area contributed by atoms with Crippen LogP contribution >= 0.6 is 0 Å². The molecule has 0 unspecified atom stereocenters. The summed E-state index contributed by atoms with van der Waals surface area (Å²) in [6.45, 7) is 4.03. The maximum Gasteiger partial charge on any atom is 0.416 e. The third-order valence-corrected chi connectivity index (χ3v) is 6.30. The van der Waals surface area contributed by atoms with Crippen LogP contribution in [0.3, 0.4) is 0 Å². The maximum absolute atomic E-state index is 13.4. The van der Waals surface area contributed by atoms with Crippen molar-refractivity contribution in [3.05, 3.63) is 53.9 Å². The lowest BCUT2D eigenvalue weighted by Crippen LogP contribution is -2.15. The molecule has 0 aliphatic carbocycles. The smallest absolute Gasteiger partial charge is 0.416 e. The second-order valence-corrected chi connectivity index (χ2v) is 9.27. The molecule has 0 fully saturated rings. The van der Waals surface area contributed by atoms with Crippen molar-refractivity contribution < 1.29 is 36.9 Å². The summed E-state index contributed by atoms with van der Waals surface area (Å²) < 4.78 is 62.9. The van der Waals surface area contributed by atoms with E-state index in [4.69, 9.17) is 18.9 Å². The van der Waals surface area contributed by atoms with Gasteiger partial charge in [-0.15, -0.1) is 0 Å². The summed E-state index contributed by atoms with van der Waals surface area (Å²) in [4.78, 5) is 28.4. The molecule has 0 saturated heterocycles. The van der Waals surface area contributed by atoms with Gasteiger partial charge in [-0.2, -0.15) is 23.1 Å². The van der Waals surface area contributed by atoms with Gasteiger partial charge in [0.05, 0.1) is 38.3 Å². The molecule has 0 spiro atoms. The zero-order chi connectivity index (χ0) is 29.5. The number of carbonyl (C=O) groups excluding carboxylic acids is 1. The highest BCUT2D eigenvalue weighted by molar-refractivity contribution is 5.88. The van der Waals surface area contributed by atoms with E-state index in [-0.39, 0.29) is 36.0 Å². The van der Waals surface area contributed by atoms with Crippen LogP contribution in [0, 0.1) is 0 Å². The van der Waals surface area contributed by atoms with Gasteiger partial charge in [-0.3, -0.25) is 4.79 Å². The molecule has 11 nitrogen and oxygen atoms in total. The third kappa shape index (κ3) is 7.25. The van der Waals surface area contributed by atoms with E-state index in [0.29, 0.717) is 73.7 Å². The molecule has 5 rings (SSSR count). The van der Waals surface area contributed by atoms with Crippen LogP contribution in [0.1, 0.15) is 24.5 Å². The molecule has 1 aliphatic heterocycles. The van der Waals surface area contributed by atoms with E-state index < -0.39 is 11.7 Å². The summed E-state index contributed by atoms with van der Waals surface area (Å²) in [6.07, 6.45) is -3.09. The van der Waals surface area contributed by atoms with E-state index in [1.165, 1.54) is 12.4 Å². The molecule has 0 radical (unpaired) electrons. The normalized spacial score (nSPS) is 14.6. The van der Waals surface area contributed by atoms with Crippen molar-refractivity contribution in [2.75, 3.05) is 50.3 Å². The minimum absolute atomic E-state index is 0.167.